The molecule has 0 aliphatic rings. The molecule has 4 nitrogen and oxygen atoms in total. The van der Waals surface area contributed by atoms with E-state index in [0.29, 0.717) is 18.7 Å². The van der Waals surface area contributed by atoms with Crippen molar-refractivity contribution < 1.29 is 9.59 Å². The molecule has 0 saturated heterocycles. The highest BCUT2D eigenvalue weighted by molar-refractivity contribution is 7.99. The van der Waals surface area contributed by atoms with Gasteiger partial charge in [0.2, 0.25) is 11.8 Å². The fourth-order valence-corrected chi connectivity index (χ4v) is 4.34. The maximum atomic E-state index is 13.3. The lowest BCUT2D eigenvalue weighted by Gasteiger charge is -2.31. The zero-order valence-electron chi connectivity index (χ0n) is 19.5. The number of rotatable bonds is 11. The minimum Gasteiger partial charge on any atom is -0.352 e. The monoisotopic (exact) mass is 440 g/mol. The number of hydrogen-bond acceptors (Lipinski definition) is 3. The molecule has 0 fully saturated rings. The van der Waals surface area contributed by atoms with Crippen LogP contribution < -0.4 is 5.32 Å². The molecule has 5 heteroatoms. The van der Waals surface area contributed by atoms with E-state index in [1.165, 1.54) is 16.7 Å². The van der Waals surface area contributed by atoms with Crippen molar-refractivity contribution in [2.45, 2.75) is 71.8 Å². The van der Waals surface area contributed by atoms with Gasteiger partial charge in [-0.15, -0.1) is 11.8 Å². The highest BCUT2D eigenvalue weighted by Crippen LogP contribution is 2.19. The number of aryl methyl sites for hydroxylation is 2. The SMILES string of the molecule is CC[C@H](C)NC(=O)[C@H](CC)N(Cc1ccc(C)cc1)C(=O)CSCc1ccccc1C. The molecule has 2 atom stereocenters. The van der Waals surface area contributed by atoms with Gasteiger partial charge >= 0.3 is 0 Å². The molecule has 168 valence electrons. The predicted octanol–water partition coefficient (Wildman–Crippen LogP) is 5.26. The van der Waals surface area contributed by atoms with Crippen molar-refractivity contribution in [3.63, 3.8) is 0 Å². The third-order valence-electron chi connectivity index (χ3n) is 5.60. The van der Waals surface area contributed by atoms with Gasteiger partial charge in [-0.1, -0.05) is 67.9 Å². The van der Waals surface area contributed by atoms with Gasteiger partial charge in [-0.25, -0.2) is 0 Å². The summed E-state index contributed by atoms with van der Waals surface area (Å²) < 4.78 is 0. The van der Waals surface area contributed by atoms with E-state index in [2.05, 4.69) is 24.4 Å². The fraction of sp³-hybridized carbons (Fsp3) is 0.462. The van der Waals surface area contributed by atoms with Gasteiger partial charge in [0.1, 0.15) is 6.04 Å². The third kappa shape index (κ3) is 7.73. The molecular weight excluding hydrogens is 404 g/mol. The Morgan fingerprint density at radius 1 is 1.00 bits per heavy atom. The van der Waals surface area contributed by atoms with Crippen LogP contribution in [0.5, 0.6) is 0 Å². The molecule has 0 aliphatic carbocycles. The molecule has 0 bridgehead atoms. The van der Waals surface area contributed by atoms with E-state index >= 15 is 0 Å². The van der Waals surface area contributed by atoms with E-state index in [1.807, 2.05) is 64.1 Å². The molecule has 2 amide bonds. The number of amides is 2. The molecule has 2 rings (SSSR count). The lowest BCUT2D eigenvalue weighted by Crippen LogP contribution is -2.51. The number of carbonyl (C=O) groups is 2. The van der Waals surface area contributed by atoms with Crippen molar-refractivity contribution in [2.75, 3.05) is 5.75 Å². The van der Waals surface area contributed by atoms with Gasteiger partial charge in [0, 0.05) is 18.3 Å². The first-order valence-corrected chi connectivity index (χ1v) is 12.3. The number of thioether (sulfide) groups is 1. The van der Waals surface area contributed by atoms with E-state index in [4.69, 9.17) is 0 Å². The van der Waals surface area contributed by atoms with Crippen LogP contribution in [-0.4, -0.2) is 34.6 Å². The van der Waals surface area contributed by atoms with Crippen LogP contribution in [0.1, 0.15) is 55.9 Å². The highest BCUT2D eigenvalue weighted by atomic mass is 32.2. The zero-order valence-corrected chi connectivity index (χ0v) is 20.3. The molecule has 2 aromatic carbocycles. The Kier molecular flexibility index (Phi) is 10.1. The fourth-order valence-electron chi connectivity index (χ4n) is 3.35. The van der Waals surface area contributed by atoms with E-state index in [-0.39, 0.29) is 17.9 Å². The van der Waals surface area contributed by atoms with Crippen LogP contribution in [0.15, 0.2) is 48.5 Å². The normalized spacial score (nSPS) is 12.8. The Balaban J connectivity index is 2.14. The zero-order chi connectivity index (χ0) is 22.8. The molecule has 0 heterocycles. The van der Waals surface area contributed by atoms with Gasteiger partial charge in [-0.2, -0.15) is 0 Å². The van der Waals surface area contributed by atoms with Crippen LogP contribution in [0.2, 0.25) is 0 Å². The topological polar surface area (TPSA) is 49.4 Å². The van der Waals surface area contributed by atoms with Crippen LogP contribution in [0.3, 0.4) is 0 Å². The Morgan fingerprint density at radius 3 is 2.29 bits per heavy atom. The molecular formula is C26H36N2O2S. The molecule has 0 radical (unpaired) electrons. The van der Waals surface area contributed by atoms with Crippen LogP contribution >= 0.6 is 11.8 Å². The van der Waals surface area contributed by atoms with Crippen LogP contribution in [0.4, 0.5) is 0 Å². The van der Waals surface area contributed by atoms with Gasteiger partial charge in [0.15, 0.2) is 0 Å². The summed E-state index contributed by atoms with van der Waals surface area (Å²) in [5.74, 6) is 1.08. The van der Waals surface area contributed by atoms with Crippen LogP contribution in [-0.2, 0) is 21.9 Å². The number of nitrogens with zero attached hydrogens (tertiary/aromatic N) is 1. The summed E-state index contributed by atoms with van der Waals surface area (Å²) in [5.41, 5.74) is 4.69. The second-order valence-electron chi connectivity index (χ2n) is 8.17. The Morgan fingerprint density at radius 2 is 1.68 bits per heavy atom. The van der Waals surface area contributed by atoms with Gasteiger partial charge in [-0.05, 0) is 50.3 Å². The first-order chi connectivity index (χ1) is 14.8. The number of hydrogen-bond donors (Lipinski definition) is 1. The summed E-state index contributed by atoms with van der Waals surface area (Å²) in [6, 6.07) is 16.0. The molecule has 31 heavy (non-hydrogen) atoms. The molecule has 0 aliphatic heterocycles. The van der Waals surface area contributed by atoms with Gasteiger partial charge < -0.3 is 10.2 Å². The van der Waals surface area contributed by atoms with E-state index in [9.17, 15) is 9.59 Å². The first-order valence-electron chi connectivity index (χ1n) is 11.1. The summed E-state index contributed by atoms with van der Waals surface area (Å²) in [6.07, 6.45) is 1.45. The smallest absolute Gasteiger partial charge is 0.243 e. The largest absolute Gasteiger partial charge is 0.352 e. The maximum Gasteiger partial charge on any atom is 0.243 e. The molecule has 0 unspecified atom stereocenters. The van der Waals surface area contributed by atoms with Crippen LogP contribution in [0, 0.1) is 13.8 Å². The molecule has 0 saturated carbocycles. The number of carbonyl (C=O) groups excluding carboxylic acids is 2. The van der Waals surface area contributed by atoms with Crippen LogP contribution in [0.25, 0.3) is 0 Å². The Bertz CT molecular complexity index is 851. The van der Waals surface area contributed by atoms with Gasteiger partial charge in [0.25, 0.3) is 0 Å². The average molecular weight is 441 g/mol. The quantitative estimate of drug-likeness (QED) is 0.519. The van der Waals surface area contributed by atoms with Crippen molar-refractivity contribution >= 4 is 23.6 Å². The second-order valence-corrected chi connectivity index (χ2v) is 9.15. The van der Waals surface area contributed by atoms with Crippen molar-refractivity contribution in [2.24, 2.45) is 0 Å². The minimum atomic E-state index is -0.470. The lowest BCUT2D eigenvalue weighted by atomic mass is 10.1. The third-order valence-corrected chi connectivity index (χ3v) is 6.57. The molecule has 1 N–H and O–H groups in total. The van der Waals surface area contributed by atoms with Crippen molar-refractivity contribution in [1.29, 1.82) is 0 Å². The van der Waals surface area contributed by atoms with E-state index in [1.54, 1.807) is 16.7 Å². The Labute approximate surface area is 191 Å². The Hall–Kier alpha value is -2.27. The average Bonchev–Trinajstić information content (AvgIpc) is 2.76. The van der Waals surface area contributed by atoms with Gasteiger partial charge in [-0.3, -0.25) is 9.59 Å². The van der Waals surface area contributed by atoms with Crippen molar-refractivity contribution in [3.05, 3.63) is 70.8 Å². The highest BCUT2D eigenvalue weighted by Gasteiger charge is 2.29. The van der Waals surface area contributed by atoms with Crippen molar-refractivity contribution in [3.8, 4) is 0 Å². The molecule has 2 aromatic rings. The lowest BCUT2D eigenvalue weighted by molar-refractivity contribution is -0.139. The predicted molar refractivity (Wildman–Crippen MR) is 131 cm³/mol. The summed E-state index contributed by atoms with van der Waals surface area (Å²) >= 11 is 1.61. The molecule has 0 aromatic heterocycles. The second kappa shape index (κ2) is 12.6. The van der Waals surface area contributed by atoms with Gasteiger partial charge in [0.05, 0.1) is 5.75 Å². The van der Waals surface area contributed by atoms with E-state index < -0.39 is 6.04 Å². The molecule has 0 spiro atoms. The van der Waals surface area contributed by atoms with E-state index in [0.717, 1.165) is 17.7 Å². The number of benzene rings is 2. The summed E-state index contributed by atoms with van der Waals surface area (Å²) in [4.78, 5) is 28.0. The number of nitrogens with one attached hydrogen (secondary N) is 1. The first kappa shape index (κ1) is 25.0. The maximum absolute atomic E-state index is 13.3. The van der Waals surface area contributed by atoms with Crippen molar-refractivity contribution in [1.82, 2.24) is 10.2 Å². The minimum absolute atomic E-state index is 0.00492. The summed E-state index contributed by atoms with van der Waals surface area (Å²) in [6.45, 7) is 10.6. The standard InChI is InChI=1S/C26H36N2O2S/c1-6-21(5)27-26(30)24(7-2)28(16-22-14-12-19(3)13-15-22)25(29)18-31-17-23-11-9-8-10-20(23)4/h8-15,21,24H,6-7,16-18H2,1-5H3,(H,27,30)/t21-,24-/m0/s1. The summed E-state index contributed by atoms with van der Waals surface area (Å²) in [7, 11) is 0. The summed E-state index contributed by atoms with van der Waals surface area (Å²) in [5, 5.41) is 3.06.